The molecule has 3 nitrogen and oxygen atoms in total. The lowest BCUT2D eigenvalue weighted by Crippen LogP contribution is -2.27. The van der Waals surface area contributed by atoms with E-state index < -0.39 is 7.91 Å². The van der Waals surface area contributed by atoms with Crippen molar-refractivity contribution in [1.29, 1.82) is 0 Å². The molecule has 1 aliphatic rings. The average Bonchev–Trinajstić information content (AvgIpc) is 2.07. The van der Waals surface area contributed by atoms with Crippen LogP contribution in [0.4, 0.5) is 4.20 Å². The van der Waals surface area contributed by atoms with Crippen molar-refractivity contribution >= 4 is 7.91 Å². The lowest BCUT2D eigenvalue weighted by atomic mass is 9.73. The van der Waals surface area contributed by atoms with Crippen molar-refractivity contribution in [2.24, 2.45) is 5.41 Å². The van der Waals surface area contributed by atoms with Gasteiger partial charge in [0, 0.05) is 0 Å². The Morgan fingerprint density at radius 1 is 1.57 bits per heavy atom. The van der Waals surface area contributed by atoms with Crippen molar-refractivity contribution in [1.82, 2.24) is 0 Å². The normalized spacial score (nSPS) is 37.9. The van der Waals surface area contributed by atoms with Gasteiger partial charge < -0.3 is 0 Å². The summed E-state index contributed by atoms with van der Waals surface area (Å²) in [6.45, 7) is 4.32. The summed E-state index contributed by atoms with van der Waals surface area (Å²) >= 11 is 0. The van der Waals surface area contributed by atoms with E-state index in [9.17, 15) is 8.76 Å². The van der Waals surface area contributed by atoms with Gasteiger partial charge in [-0.3, -0.25) is 9.42 Å². The maximum Gasteiger partial charge on any atom is 0.510 e. The third-order valence-electron chi connectivity index (χ3n) is 3.27. The van der Waals surface area contributed by atoms with E-state index in [0.29, 0.717) is 18.3 Å². The van der Waals surface area contributed by atoms with Gasteiger partial charge in [-0.05, 0) is 31.1 Å². The number of halogens is 1. The van der Waals surface area contributed by atoms with E-state index in [0.717, 1.165) is 19.3 Å². The molecule has 1 fully saturated rings. The summed E-state index contributed by atoms with van der Waals surface area (Å²) in [5.74, 6) is 0. The second-order valence-corrected chi connectivity index (χ2v) is 5.53. The van der Waals surface area contributed by atoms with Crippen LogP contribution in [0.3, 0.4) is 0 Å². The van der Waals surface area contributed by atoms with Gasteiger partial charge in [0.1, 0.15) is 0 Å². The highest BCUT2D eigenvalue weighted by molar-refractivity contribution is 7.46. The minimum atomic E-state index is -4.78. The highest BCUT2D eigenvalue weighted by atomic mass is 31.2. The fraction of sp³-hybridized carbons (Fsp3) is 1.00. The van der Waals surface area contributed by atoms with Crippen LogP contribution in [-0.4, -0.2) is 11.0 Å². The molecule has 1 unspecified atom stereocenters. The lowest BCUT2D eigenvalue weighted by molar-refractivity contribution is 0.0686. The Balaban J connectivity index is 2.40. The first kappa shape index (κ1) is 12.2. The Hall–Kier alpha value is 0.0800. The van der Waals surface area contributed by atoms with Gasteiger partial charge in [0.25, 0.3) is 0 Å². The maximum absolute atomic E-state index is 12.3. The van der Waals surface area contributed by atoms with Gasteiger partial charge in [-0.2, -0.15) is 0 Å². The monoisotopic (exact) mass is 224 g/mol. The van der Waals surface area contributed by atoms with E-state index in [4.69, 9.17) is 4.89 Å². The number of rotatable bonds is 3. The summed E-state index contributed by atoms with van der Waals surface area (Å²) in [5, 5.41) is 0. The van der Waals surface area contributed by atoms with Crippen LogP contribution in [0.15, 0.2) is 0 Å². The molecule has 0 bridgehead atoms. The molecule has 0 amide bonds. The van der Waals surface area contributed by atoms with E-state index in [1.165, 1.54) is 0 Å². The van der Waals surface area contributed by atoms with Crippen LogP contribution in [0.2, 0.25) is 0 Å². The van der Waals surface area contributed by atoms with Crippen LogP contribution < -0.4 is 0 Å². The SMILES string of the molecule is CCC1(C)CCC(OP(=O)(O)F)CC1. The van der Waals surface area contributed by atoms with Crippen molar-refractivity contribution in [3.8, 4) is 0 Å². The summed E-state index contributed by atoms with van der Waals surface area (Å²) in [5.41, 5.74) is 0.301. The molecule has 0 spiro atoms. The lowest BCUT2D eigenvalue weighted by Gasteiger charge is -2.36. The molecule has 84 valence electrons. The third kappa shape index (κ3) is 3.68. The minimum Gasteiger partial charge on any atom is -0.299 e. The van der Waals surface area contributed by atoms with Crippen LogP contribution in [0, 0.1) is 5.41 Å². The summed E-state index contributed by atoms with van der Waals surface area (Å²) in [6, 6.07) is 0. The molecule has 1 saturated carbocycles. The smallest absolute Gasteiger partial charge is 0.299 e. The van der Waals surface area contributed by atoms with Gasteiger partial charge in [-0.1, -0.05) is 20.3 Å². The van der Waals surface area contributed by atoms with E-state index in [1.807, 2.05) is 0 Å². The highest BCUT2D eigenvalue weighted by Crippen LogP contribution is 2.49. The largest absolute Gasteiger partial charge is 0.510 e. The summed E-state index contributed by atoms with van der Waals surface area (Å²) < 4.78 is 27.2. The Kier molecular flexibility index (Phi) is 3.73. The molecular formula is C9H18FO3P. The zero-order valence-electron chi connectivity index (χ0n) is 8.70. The van der Waals surface area contributed by atoms with Gasteiger partial charge in [-0.25, -0.2) is 4.57 Å². The molecule has 1 N–H and O–H groups in total. The van der Waals surface area contributed by atoms with E-state index in [2.05, 4.69) is 18.4 Å². The van der Waals surface area contributed by atoms with E-state index >= 15 is 0 Å². The van der Waals surface area contributed by atoms with Gasteiger partial charge in [0.05, 0.1) is 6.10 Å². The molecule has 0 radical (unpaired) electrons. The molecule has 5 heteroatoms. The van der Waals surface area contributed by atoms with Crippen molar-refractivity contribution in [3.05, 3.63) is 0 Å². The molecule has 14 heavy (non-hydrogen) atoms. The average molecular weight is 224 g/mol. The fourth-order valence-corrected chi connectivity index (χ4v) is 2.51. The number of hydrogen-bond donors (Lipinski definition) is 1. The fourth-order valence-electron chi connectivity index (χ4n) is 1.93. The van der Waals surface area contributed by atoms with Crippen molar-refractivity contribution < 1.29 is 18.2 Å². The van der Waals surface area contributed by atoms with Gasteiger partial charge >= 0.3 is 7.91 Å². The van der Waals surface area contributed by atoms with Gasteiger partial charge in [-0.15, -0.1) is 4.20 Å². The predicted molar refractivity (Wildman–Crippen MR) is 52.7 cm³/mol. The molecule has 0 aliphatic heterocycles. The molecule has 0 aromatic heterocycles. The summed E-state index contributed by atoms with van der Waals surface area (Å²) in [6.07, 6.45) is 3.95. The third-order valence-corrected chi connectivity index (χ3v) is 3.83. The second-order valence-electron chi connectivity index (χ2n) is 4.42. The Morgan fingerprint density at radius 2 is 2.07 bits per heavy atom. The van der Waals surface area contributed by atoms with Gasteiger partial charge in [0.15, 0.2) is 0 Å². The Morgan fingerprint density at radius 3 is 2.43 bits per heavy atom. The molecule has 0 heterocycles. The summed E-state index contributed by atoms with van der Waals surface area (Å²) in [7, 11) is -4.78. The zero-order valence-corrected chi connectivity index (χ0v) is 9.60. The molecular weight excluding hydrogens is 206 g/mol. The zero-order chi connectivity index (χ0) is 10.8. The van der Waals surface area contributed by atoms with Crippen LogP contribution in [0.5, 0.6) is 0 Å². The first-order valence-electron chi connectivity index (χ1n) is 5.05. The molecule has 0 aromatic carbocycles. The van der Waals surface area contributed by atoms with Gasteiger partial charge in [0.2, 0.25) is 0 Å². The van der Waals surface area contributed by atoms with E-state index in [-0.39, 0.29) is 6.10 Å². The quantitative estimate of drug-likeness (QED) is 0.747. The van der Waals surface area contributed by atoms with E-state index in [1.54, 1.807) is 0 Å². The van der Waals surface area contributed by atoms with Crippen LogP contribution in [-0.2, 0) is 9.09 Å². The topological polar surface area (TPSA) is 46.5 Å². The van der Waals surface area contributed by atoms with Crippen molar-refractivity contribution in [2.45, 2.75) is 52.1 Å². The Bertz CT molecular complexity index is 230. The van der Waals surface area contributed by atoms with Crippen LogP contribution >= 0.6 is 7.91 Å². The van der Waals surface area contributed by atoms with Crippen molar-refractivity contribution in [2.75, 3.05) is 0 Å². The Labute approximate surface area is 84.3 Å². The molecule has 1 aliphatic carbocycles. The minimum absolute atomic E-state index is 0.301. The van der Waals surface area contributed by atoms with Crippen molar-refractivity contribution in [3.63, 3.8) is 0 Å². The maximum atomic E-state index is 12.3. The number of hydrogen-bond acceptors (Lipinski definition) is 2. The highest BCUT2D eigenvalue weighted by Gasteiger charge is 2.33. The molecule has 1 atom stereocenters. The molecule has 0 aromatic rings. The first-order valence-corrected chi connectivity index (χ1v) is 6.52. The summed E-state index contributed by atoms with van der Waals surface area (Å²) in [4.78, 5) is 8.42. The molecule has 0 saturated heterocycles. The van der Waals surface area contributed by atoms with Crippen LogP contribution in [0.1, 0.15) is 46.0 Å². The molecule has 1 rings (SSSR count). The van der Waals surface area contributed by atoms with Crippen LogP contribution in [0.25, 0.3) is 0 Å². The first-order chi connectivity index (χ1) is 6.35. The second kappa shape index (κ2) is 4.30. The standard InChI is InChI=1S/C9H18FO3P/c1-3-9(2)6-4-8(5-7-9)13-14(10,11)12/h8H,3-7H2,1-2H3,(H,11,12). The predicted octanol–water partition coefficient (Wildman–Crippen LogP) is 3.43.